The van der Waals surface area contributed by atoms with Gasteiger partial charge in [-0.2, -0.15) is 0 Å². The Labute approximate surface area is 299 Å². The van der Waals surface area contributed by atoms with Gasteiger partial charge in [0.05, 0.1) is 22.1 Å². The molecule has 7 nitrogen and oxygen atoms in total. The third kappa shape index (κ3) is 6.31. The molecule has 0 radical (unpaired) electrons. The molecule has 1 saturated carbocycles. The van der Waals surface area contributed by atoms with Crippen molar-refractivity contribution in [2.24, 2.45) is 17.8 Å². The predicted molar refractivity (Wildman–Crippen MR) is 198 cm³/mol. The van der Waals surface area contributed by atoms with Crippen LogP contribution in [0.1, 0.15) is 73.9 Å². The molecule has 2 aromatic carbocycles. The van der Waals surface area contributed by atoms with E-state index in [9.17, 15) is 13.2 Å². The highest BCUT2D eigenvalue weighted by atomic mass is 35.5. The Hall–Kier alpha value is -1.85. The van der Waals surface area contributed by atoms with Crippen LogP contribution in [0, 0.1) is 17.8 Å². The van der Waals surface area contributed by atoms with Gasteiger partial charge in [-0.25, -0.2) is 13.1 Å². The summed E-state index contributed by atoms with van der Waals surface area (Å²) in [6.07, 6.45) is 11.4. The summed E-state index contributed by atoms with van der Waals surface area (Å²) in [6.45, 7) is 5.69. The largest absolute Gasteiger partial charge is 0.490 e. The van der Waals surface area contributed by atoms with Crippen molar-refractivity contribution in [2.45, 2.75) is 79.6 Å². The number of benzene rings is 2. The molecule has 1 amide bonds. The average Bonchev–Trinajstić information content (AvgIpc) is 3.22. The van der Waals surface area contributed by atoms with Crippen LogP contribution in [0.15, 0.2) is 48.6 Å². The summed E-state index contributed by atoms with van der Waals surface area (Å²) in [4.78, 5) is 16.0. The van der Waals surface area contributed by atoms with Gasteiger partial charge in [0.2, 0.25) is 10.0 Å². The summed E-state index contributed by atoms with van der Waals surface area (Å²) < 4.78 is 43.0. The first-order chi connectivity index (χ1) is 23.0. The lowest BCUT2D eigenvalue weighted by atomic mass is 9.64. The molecule has 5 aliphatic rings. The maximum absolute atomic E-state index is 13.6. The molecule has 1 saturated heterocycles. The molecule has 260 valence electrons. The second-order valence-electron chi connectivity index (χ2n) is 14.5. The smallest absolute Gasteiger partial charge is 0.264 e. The SMILES string of the molecule is CO[C@@]1(C2SCCCS2)/C=C\C[C@H](C)[C@@H](C)S(=O)(=O)NC(=O)c2ccc3c(c2)N(C[C@@H]2CC[C@H]21)C[C@@]1(CCCc2cc(Cl)ccc21)CO3. The van der Waals surface area contributed by atoms with Crippen LogP contribution in [0.4, 0.5) is 5.69 Å². The first kappa shape index (κ1) is 34.6. The van der Waals surface area contributed by atoms with Crippen LogP contribution in [-0.2, 0) is 26.6 Å². The molecular formula is C37H47ClN2O5S3. The van der Waals surface area contributed by atoms with Crippen LogP contribution in [0.25, 0.3) is 0 Å². The van der Waals surface area contributed by atoms with Gasteiger partial charge in [0.25, 0.3) is 5.91 Å². The van der Waals surface area contributed by atoms with Gasteiger partial charge in [-0.3, -0.25) is 4.79 Å². The van der Waals surface area contributed by atoms with Crippen LogP contribution in [0.2, 0.25) is 5.02 Å². The third-order valence-electron chi connectivity index (χ3n) is 11.7. The number of ether oxygens (including phenoxy) is 2. The molecular weight excluding hydrogens is 684 g/mol. The fourth-order valence-electron chi connectivity index (χ4n) is 8.61. The molecule has 48 heavy (non-hydrogen) atoms. The number of methoxy groups -OCH3 is 1. The number of fused-ring (bicyclic) bond motifs is 4. The molecule has 2 aliphatic carbocycles. The number of nitrogens with one attached hydrogen (secondary N) is 1. The lowest BCUT2D eigenvalue weighted by Crippen LogP contribution is -2.56. The van der Waals surface area contributed by atoms with Crippen LogP contribution >= 0.6 is 35.1 Å². The summed E-state index contributed by atoms with van der Waals surface area (Å²) in [6, 6.07) is 11.7. The Morgan fingerprint density at radius 2 is 1.90 bits per heavy atom. The zero-order chi connectivity index (χ0) is 33.7. The zero-order valence-electron chi connectivity index (χ0n) is 28.1. The normalized spacial score (nSPS) is 34.5. The molecule has 1 N–H and O–H groups in total. The van der Waals surface area contributed by atoms with E-state index in [1.54, 1.807) is 13.0 Å². The van der Waals surface area contributed by atoms with Crippen LogP contribution in [0.5, 0.6) is 5.75 Å². The first-order valence-corrected chi connectivity index (χ1v) is 21.4. The number of carbonyl (C=O) groups is 1. The van der Waals surface area contributed by atoms with Gasteiger partial charge in [-0.1, -0.05) is 36.7 Å². The van der Waals surface area contributed by atoms with Gasteiger partial charge in [-0.05, 0) is 123 Å². The van der Waals surface area contributed by atoms with E-state index >= 15 is 0 Å². The van der Waals surface area contributed by atoms with Gasteiger partial charge >= 0.3 is 0 Å². The number of sulfonamides is 1. The van der Waals surface area contributed by atoms with Crippen molar-refractivity contribution in [2.75, 3.05) is 43.2 Å². The van der Waals surface area contributed by atoms with Crippen molar-refractivity contribution in [1.29, 1.82) is 0 Å². The van der Waals surface area contributed by atoms with E-state index in [0.717, 1.165) is 73.2 Å². The molecule has 0 aromatic heterocycles. The molecule has 2 fully saturated rings. The Morgan fingerprint density at radius 1 is 1.08 bits per heavy atom. The Kier molecular flexibility index (Phi) is 9.87. The third-order valence-corrected chi connectivity index (χ3v) is 17.1. The van der Waals surface area contributed by atoms with Crippen LogP contribution in [0.3, 0.4) is 0 Å². The van der Waals surface area contributed by atoms with Crippen molar-refractivity contribution in [3.63, 3.8) is 0 Å². The molecule has 3 aliphatic heterocycles. The van der Waals surface area contributed by atoms with E-state index in [0.29, 0.717) is 30.4 Å². The molecule has 0 unspecified atom stereocenters. The highest BCUT2D eigenvalue weighted by Crippen LogP contribution is 2.54. The number of carbonyl (C=O) groups excluding carboxylic acids is 1. The number of nitrogens with zero attached hydrogens (tertiary/aromatic N) is 1. The number of allylic oxidation sites excluding steroid dienone is 1. The minimum Gasteiger partial charge on any atom is -0.490 e. The maximum Gasteiger partial charge on any atom is 0.264 e. The Morgan fingerprint density at radius 3 is 2.65 bits per heavy atom. The Balaban J connectivity index is 1.34. The van der Waals surface area contributed by atoms with Crippen molar-refractivity contribution in [3.05, 3.63) is 70.3 Å². The van der Waals surface area contributed by atoms with Crippen LogP contribution in [-0.4, -0.2) is 68.1 Å². The molecule has 3 heterocycles. The fraction of sp³-hybridized carbons (Fsp3) is 0.595. The van der Waals surface area contributed by atoms with Gasteiger partial charge < -0.3 is 14.4 Å². The van der Waals surface area contributed by atoms with Crippen molar-refractivity contribution >= 4 is 56.7 Å². The molecule has 6 atom stereocenters. The van der Waals surface area contributed by atoms with Crippen molar-refractivity contribution in [1.82, 2.24) is 4.72 Å². The van der Waals surface area contributed by atoms with E-state index < -0.39 is 26.8 Å². The second kappa shape index (κ2) is 13.7. The molecule has 11 heteroatoms. The number of halogens is 1. The summed E-state index contributed by atoms with van der Waals surface area (Å²) in [7, 11) is -2.07. The van der Waals surface area contributed by atoms with Crippen molar-refractivity contribution in [3.8, 4) is 5.75 Å². The minimum atomic E-state index is -3.93. The average molecular weight is 731 g/mol. The number of hydrogen-bond acceptors (Lipinski definition) is 8. The number of rotatable bonds is 2. The van der Waals surface area contributed by atoms with Crippen molar-refractivity contribution < 1.29 is 22.7 Å². The summed E-state index contributed by atoms with van der Waals surface area (Å²) in [5, 5.41) is -0.00564. The van der Waals surface area contributed by atoms with E-state index in [-0.39, 0.29) is 15.9 Å². The van der Waals surface area contributed by atoms with Gasteiger partial charge in [0, 0.05) is 36.2 Å². The van der Waals surface area contributed by atoms with Gasteiger partial charge in [-0.15, -0.1) is 23.5 Å². The summed E-state index contributed by atoms with van der Waals surface area (Å²) in [5.41, 5.74) is 3.02. The standard InChI is InChI=1S/C37H47ClN2O5S3/c1-24-7-4-16-37(44-3,35-46-17-6-18-47-35)31-12-9-28(31)21-40-22-36(15-5-8-26-19-29(38)11-13-30(26)36)23-45-33-14-10-27(20-32(33)40)34(41)39-48(42,43)25(24)2/h4,10-11,13-14,16,19-20,24-25,28,31,35H,5-9,12,15,17-18,21-23H2,1-3H3,(H,39,41)/b16-4-/t24-,25+,28-,31+,36-,37-/m0/s1. The Bertz CT molecular complexity index is 1680. The number of aryl methyl sites for hydroxylation is 1. The highest BCUT2D eigenvalue weighted by Gasteiger charge is 2.53. The maximum atomic E-state index is 13.6. The van der Waals surface area contributed by atoms with E-state index in [1.165, 1.54) is 17.5 Å². The molecule has 1 spiro atoms. The monoisotopic (exact) mass is 730 g/mol. The van der Waals surface area contributed by atoms with E-state index in [1.807, 2.05) is 55.8 Å². The molecule has 7 rings (SSSR count). The summed E-state index contributed by atoms with van der Waals surface area (Å²) >= 11 is 10.5. The fourth-order valence-corrected chi connectivity index (χ4v) is 13.5. The minimum absolute atomic E-state index is 0.196. The summed E-state index contributed by atoms with van der Waals surface area (Å²) in [5.74, 6) is 2.83. The van der Waals surface area contributed by atoms with Crippen LogP contribution < -0.4 is 14.4 Å². The zero-order valence-corrected chi connectivity index (χ0v) is 31.3. The van der Waals surface area contributed by atoms with E-state index in [4.69, 9.17) is 21.1 Å². The van der Waals surface area contributed by atoms with E-state index in [2.05, 4.69) is 33.9 Å². The first-order valence-electron chi connectivity index (χ1n) is 17.4. The lowest BCUT2D eigenvalue weighted by Gasteiger charge is -2.53. The quantitative estimate of drug-likeness (QED) is 0.319. The van der Waals surface area contributed by atoms with Gasteiger partial charge in [0.1, 0.15) is 11.4 Å². The second-order valence-corrected chi connectivity index (χ2v) is 19.7. The topological polar surface area (TPSA) is 84.9 Å². The molecule has 2 bridgehead atoms. The number of anilines is 1. The lowest BCUT2D eigenvalue weighted by molar-refractivity contribution is -0.0639. The number of amides is 1. The number of thioether (sulfide) groups is 2. The predicted octanol–water partition coefficient (Wildman–Crippen LogP) is 7.46. The highest BCUT2D eigenvalue weighted by molar-refractivity contribution is 8.17. The number of hydrogen-bond donors (Lipinski definition) is 1. The molecule has 2 aromatic rings. The van der Waals surface area contributed by atoms with Gasteiger partial charge in [0.15, 0.2) is 0 Å².